The van der Waals surface area contributed by atoms with E-state index < -0.39 is 0 Å². The van der Waals surface area contributed by atoms with E-state index in [4.69, 9.17) is 4.74 Å². The number of hydrogen-bond donors (Lipinski definition) is 1. The third-order valence-corrected chi connectivity index (χ3v) is 6.04. The maximum atomic E-state index is 13.2. The number of nitrogens with zero attached hydrogens (tertiary/aromatic N) is 3. The summed E-state index contributed by atoms with van der Waals surface area (Å²) in [5, 5.41) is 7.34. The molecular weight excluding hydrogens is 352 g/mol. The Hall–Kier alpha value is -2.34. The van der Waals surface area contributed by atoms with E-state index in [1.807, 2.05) is 30.3 Å². The molecule has 150 valence electrons. The third-order valence-electron chi connectivity index (χ3n) is 6.04. The van der Waals surface area contributed by atoms with Crippen molar-refractivity contribution in [2.75, 3.05) is 33.3 Å². The molecule has 0 bridgehead atoms. The number of carbonyl (C=O) groups is 1. The SMILES string of the molecule is COc1cccc(-c2cc(C(=O)N3CCCC[C@@H]3CCN3CCCC3)[nH]n2)c1. The Morgan fingerprint density at radius 2 is 2.00 bits per heavy atom. The molecule has 0 spiro atoms. The summed E-state index contributed by atoms with van der Waals surface area (Å²) in [4.78, 5) is 17.8. The quantitative estimate of drug-likeness (QED) is 0.830. The Balaban J connectivity index is 1.45. The number of aromatic nitrogens is 2. The predicted molar refractivity (Wildman–Crippen MR) is 110 cm³/mol. The van der Waals surface area contributed by atoms with Crippen LogP contribution in [0.25, 0.3) is 11.3 Å². The molecule has 1 amide bonds. The summed E-state index contributed by atoms with van der Waals surface area (Å²) in [6.07, 6.45) is 7.11. The molecule has 4 rings (SSSR count). The number of rotatable bonds is 6. The lowest BCUT2D eigenvalue weighted by molar-refractivity contribution is 0.0582. The van der Waals surface area contributed by atoms with Gasteiger partial charge in [-0.05, 0) is 69.8 Å². The summed E-state index contributed by atoms with van der Waals surface area (Å²) in [6, 6.07) is 9.95. The van der Waals surface area contributed by atoms with E-state index in [0.29, 0.717) is 11.7 Å². The number of carbonyl (C=O) groups excluding carboxylic acids is 1. The first-order chi connectivity index (χ1) is 13.7. The van der Waals surface area contributed by atoms with Crippen molar-refractivity contribution in [3.05, 3.63) is 36.0 Å². The Kier molecular flexibility index (Phi) is 5.95. The Morgan fingerprint density at radius 1 is 1.18 bits per heavy atom. The highest BCUT2D eigenvalue weighted by Gasteiger charge is 2.29. The van der Waals surface area contributed by atoms with Gasteiger partial charge in [-0.15, -0.1) is 0 Å². The van der Waals surface area contributed by atoms with Crippen molar-refractivity contribution >= 4 is 5.91 Å². The van der Waals surface area contributed by atoms with E-state index >= 15 is 0 Å². The highest BCUT2D eigenvalue weighted by atomic mass is 16.5. The van der Waals surface area contributed by atoms with Crippen molar-refractivity contribution in [2.45, 2.75) is 44.6 Å². The third kappa shape index (κ3) is 4.22. The zero-order valence-corrected chi connectivity index (χ0v) is 16.7. The van der Waals surface area contributed by atoms with Crippen LogP contribution >= 0.6 is 0 Å². The fourth-order valence-corrected chi connectivity index (χ4v) is 4.42. The topological polar surface area (TPSA) is 61.5 Å². The van der Waals surface area contributed by atoms with E-state index in [1.165, 1.54) is 32.4 Å². The van der Waals surface area contributed by atoms with Gasteiger partial charge in [0, 0.05) is 24.7 Å². The van der Waals surface area contributed by atoms with Crippen LogP contribution in [0.4, 0.5) is 0 Å². The van der Waals surface area contributed by atoms with E-state index in [1.54, 1.807) is 7.11 Å². The van der Waals surface area contributed by atoms with Crippen LogP contribution in [0.5, 0.6) is 5.75 Å². The number of benzene rings is 1. The van der Waals surface area contributed by atoms with Crippen molar-refractivity contribution in [1.82, 2.24) is 20.0 Å². The van der Waals surface area contributed by atoms with E-state index in [0.717, 1.165) is 49.4 Å². The molecule has 2 fully saturated rings. The molecule has 1 N–H and O–H groups in total. The van der Waals surface area contributed by atoms with Gasteiger partial charge in [0.05, 0.1) is 12.8 Å². The lowest BCUT2D eigenvalue weighted by Gasteiger charge is -2.36. The zero-order chi connectivity index (χ0) is 19.3. The molecule has 0 saturated carbocycles. The minimum atomic E-state index is 0.0766. The summed E-state index contributed by atoms with van der Waals surface area (Å²) < 4.78 is 5.29. The molecule has 0 unspecified atom stereocenters. The normalized spacial score (nSPS) is 20.5. The molecule has 2 aliphatic rings. The summed E-state index contributed by atoms with van der Waals surface area (Å²) in [7, 11) is 1.65. The van der Waals surface area contributed by atoms with Crippen LogP contribution in [-0.2, 0) is 0 Å². The zero-order valence-electron chi connectivity index (χ0n) is 16.7. The highest BCUT2D eigenvalue weighted by Crippen LogP contribution is 2.26. The number of methoxy groups -OCH3 is 1. The monoisotopic (exact) mass is 382 g/mol. The predicted octanol–water partition coefficient (Wildman–Crippen LogP) is 3.57. The lowest BCUT2D eigenvalue weighted by Crippen LogP contribution is -2.45. The lowest BCUT2D eigenvalue weighted by atomic mass is 9.98. The van der Waals surface area contributed by atoms with Crippen LogP contribution < -0.4 is 4.74 Å². The standard InChI is InChI=1S/C22H30N4O2/c1-28-19-9-6-7-17(15-19)20-16-21(24-23-20)22(27)26-13-3-2-8-18(26)10-14-25-11-4-5-12-25/h6-7,9,15-16,18H,2-5,8,10-14H2,1H3,(H,23,24)/t18-/m1/s1. The number of aromatic amines is 1. The average Bonchev–Trinajstić information content (AvgIpc) is 3.44. The van der Waals surface area contributed by atoms with Crippen molar-refractivity contribution in [3.63, 3.8) is 0 Å². The smallest absolute Gasteiger partial charge is 0.272 e. The van der Waals surface area contributed by atoms with Gasteiger partial charge in [0.15, 0.2) is 0 Å². The maximum absolute atomic E-state index is 13.2. The average molecular weight is 383 g/mol. The molecular formula is C22H30N4O2. The summed E-state index contributed by atoms with van der Waals surface area (Å²) in [6.45, 7) is 4.37. The molecule has 2 saturated heterocycles. The van der Waals surface area contributed by atoms with Crippen molar-refractivity contribution in [1.29, 1.82) is 0 Å². The van der Waals surface area contributed by atoms with Gasteiger partial charge in [0.2, 0.25) is 0 Å². The second-order valence-corrected chi connectivity index (χ2v) is 7.88. The molecule has 2 aliphatic heterocycles. The second-order valence-electron chi connectivity index (χ2n) is 7.88. The van der Waals surface area contributed by atoms with E-state index in [-0.39, 0.29) is 5.91 Å². The number of H-pyrrole nitrogens is 1. The molecule has 2 aromatic rings. The number of piperidine rings is 1. The largest absolute Gasteiger partial charge is 0.497 e. The van der Waals surface area contributed by atoms with Crippen LogP contribution in [0, 0.1) is 0 Å². The minimum Gasteiger partial charge on any atom is -0.497 e. The van der Waals surface area contributed by atoms with Crippen molar-refractivity contribution in [3.8, 4) is 17.0 Å². The number of likely N-dealkylation sites (tertiary alicyclic amines) is 2. The van der Waals surface area contributed by atoms with Gasteiger partial charge < -0.3 is 14.5 Å². The van der Waals surface area contributed by atoms with Crippen molar-refractivity contribution in [2.24, 2.45) is 0 Å². The van der Waals surface area contributed by atoms with Gasteiger partial charge >= 0.3 is 0 Å². The number of hydrogen-bond acceptors (Lipinski definition) is 4. The van der Waals surface area contributed by atoms with Gasteiger partial charge in [-0.2, -0.15) is 5.10 Å². The van der Waals surface area contributed by atoms with Crippen LogP contribution in [0.15, 0.2) is 30.3 Å². The molecule has 28 heavy (non-hydrogen) atoms. The van der Waals surface area contributed by atoms with E-state index in [2.05, 4.69) is 20.0 Å². The van der Waals surface area contributed by atoms with Crippen LogP contribution in [0.1, 0.15) is 49.0 Å². The van der Waals surface area contributed by atoms with E-state index in [9.17, 15) is 4.79 Å². The molecule has 6 heteroatoms. The van der Waals surface area contributed by atoms with Crippen LogP contribution in [-0.4, -0.2) is 65.2 Å². The van der Waals surface area contributed by atoms with Gasteiger partial charge in [0.25, 0.3) is 5.91 Å². The molecule has 1 aromatic carbocycles. The maximum Gasteiger partial charge on any atom is 0.272 e. The van der Waals surface area contributed by atoms with Gasteiger partial charge in [0.1, 0.15) is 11.4 Å². The molecule has 0 aliphatic carbocycles. The molecule has 6 nitrogen and oxygen atoms in total. The number of amides is 1. The molecule has 3 heterocycles. The van der Waals surface area contributed by atoms with Crippen molar-refractivity contribution < 1.29 is 9.53 Å². The Morgan fingerprint density at radius 3 is 2.82 bits per heavy atom. The molecule has 1 aromatic heterocycles. The molecule has 1 atom stereocenters. The summed E-state index contributed by atoms with van der Waals surface area (Å²) in [5.41, 5.74) is 2.29. The first kappa shape index (κ1) is 19.0. The van der Waals surface area contributed by atoms with Gasteiger partial charge in [-0.25, -0.2) is 0 Å². The van der Waals surface area contributed by atoms with Gasteiger partial charge in [-0.1, -0.05) is 12.1 Å². The van der Waals surface area contributed by atoms with Crippen LogP contribution in [0.3, 0.4) is 0 Å². The summed E-state index contributed by atoms with van der Waals surface area (Å²) >= 11 is 0. The Bertz CT molecular complexity index is 797. The first-order valence-corrected chi connectivity index (χ1v) is 10.5. The summed E-state index contributed by atoms with van der Waals surface area (Å²) in [5.74, 6) is 0.860. The second kappa shape index (κ2) is 8.78. The highest BCUT2D eigenvalue weighted by molar-refractivity contribution is 5.93. The number of nitrogens with one attached hydrogen (secondary N) is 1. The fourth-order valence-electron chi connectivity index (χ4n) is 4.42. The van der Waals surface area contributed by atoms with Gasteiger partial charge in [-0.3, -0.25) is 9.89 Å². The minimum absolute atomic E-state index is 0.0766. The Labute approximate surface area is 166 Å². The number of ether oxygens (including phenoxy) is 1. The van der Waals surface area contributed by atoms with Crippen LogP contribution in [0.2, 0.25) is 0 Å². The first-order valence-electron chi connectivity index (χ1n) is 10.5. The fraction of sp³-hybridized carbons (Fsp3) is 0.545. The molecule has 0 radical (unpaired) electrons.